The first-order chi connectivity index (χ1) is 15.8. The van der Waals surface area contributed by atoms with Crippen LogP contribution in [0.2, 0.25) is 0 Å². The first-order valence-electron chi connectivity index (χ1n) is 11.2. The van der Waals surface area contributed by atoms with Gasteiger partial charge in [-0.1, -0.05) is 12.1 Å². The van der Waals surface area contributed by atoms with Crippen LogP contribution in [-0.4, -0.2) is 85.6 Å². The number of nitrogens with zero attached hydrogens (tertiary/aromatic N) is 4. The van der Waals surface area contributed by atoms with Gasteiger partial charge in [0.25, 0.3) is 0 Å². The molecule has 2 unspecified atom stereocenters. The Morgan fingerprint density at radius 3 is 2.64 bits per heavy atom. The number of benzene rings is 1. The van der Waals surface area contributed by atoms with Crippen molar-refractivity contribution in [1.82, 2.24) is 4.90 Å². The molecule has 0 bridgehead atoms. The minimum absolute atomic E-state index is 0.222. The predicted octanol–water partition coefficient (Wildman–Crippen LogP) is 1.43. The number of likely N-dealkylation sites (tertiary alicyclic amines) is 1. The maximum atomic E-state index is 15.0. The second kappa shape index (κ2) is 9.82. The third kappa shape index (κ3) is 5.23. The zero-order chi connectivity index (χ0) is 23.6. The van der Waals surface area contributed by atoms with Gasteiger partial charge in [-0.25, -0.2) is 12.8 Å². The summed E-state index contributed by atoms with van der Waals surface area (Å²) in [7, 11) is -3.62. The van der Waals surface area contributed by atoms with Crippen LogP contribution in [0.15, 0.2) is 39.3 Å². The van der Waals surface area contributed by atoms with Crippen LogP contribution in [-0.2, 0) is 9.84 Å². The lowest BCUT2D eigenvalue weighted by Crippen LogP contribution is -2.44. The van der Waals surface area contributed by atoms with Gasteiger partial charge in [0.05, 0.1) is 30.2 Å². The van der Waals surface area contributed by atoms with Gasteiger partial charge >= 0.3 is 0 Å². The van der Waals surface area contributed by atoms with Gasteiger partial charge in [-0.05, 0) is 56.1 Å². The highest BCUT2D eigenvalue weighted by atomic mass is 32.2. The molecule has 1 aromatic rings. The fraction of sp³-hybridized carbons (Fsp3) is 0.522. The molecule has 3 N–H and O–H groups in total. The largest absolute Gasteiger partial charge is 0.392 e. The predicted molar refractivity (Wildman–Crippen MR) is 129 cm³/mol. The van der Waals surface area contributed by atoms with E-state index in [1.54, 1.807) is 25.3 Å². The summed E-state index contributed by atoms with van der Waals surface area (Å²) >= 11 is 0. The zero-order valence-electron chi connectivity index (χ0n) is 18.7. The molecule has 3 aliphatic rings. The molecule has 1 aromatic carbocycles. The fourth-order valence-electron chi connectivity index (χ4n) is 4.57. The van der Waals surface area contributed by atoms with E-state index in [0.717, 1.165) is 0 Å². The topological polar surface area (TPSA) is 121 Å². The number of piperidine rings is 1. The van der Waals surface area contributed by atoms with Gasteiger partial charge in [0.15, 0.2) is 15.2 Å². The van der Waals surface area contributed by atoms with Gasteiger partial charge < -0.3 is 15.7 Å². The van der Waals surface area contributed by atoms with Gasteiger partial charge in [0, 0.05) is 24.7 Å². The number of aliphatic hydroxyl groups is 1. The molecule has 0 saturated carbocycles. The van der Waals surface area contributed by atoms with Crippen LogP contribution in [0.3, 0.4) is 0 Å². The van der Waals surface area contributed by atoms with Crippen molar-refractivity contribution in [1.29, 1.82) is 0 Å². The number of dihydropyridines is 1. The number of sulfone groups is 1. The van der Waals surface area contributed by atoms with Gasteiger partial charge in [0.1, 0.15) is 11.7 Å². The molecular weight excluding hydrogens is 445 g/mol. The van der Waals surface area contributed by atoms with Gasteiger partial charge in [-0.3, -0.25) is 15.0 Å². The summed E-state index contributed by atoms with van der Waals surface area (Å²) in [5.41, 5.74) is 7.53. The highest BCUT2D eigenvalue weighted by Crippen LogP contribution is 2.33. The number of nitrogens with two attached hydrogens (primary N) is 1. The van der Waals surface area contributed by atoms with Crippen molar-refractivity contribution in [3.05, 3.63) is 41.2 Å². The molecule has 0 aliphatic carbocycles. The van der Waals surface area contributed by atoms with Crippen LogP contribution < -0.4 is 5.73 Å². The minimum Gasteiger partial charge on any atom is -0.392 e. The Balaban J connectivity index is 1.53. The maximum Gasteiger partial charge on any atom is 0.180 e. The van der Waals surface area contributed by atoms with Crippen molar-refractivity contribution >= 4 is 33.2 Å². The monoisotopic (exact) mass is 475 g/mol. The van der Waals surface area contributed by atoms with Crippen LogP contribution in [0.5, 0.6) is 0 Å². The van der Waals surface area contributed by atoms with E-state index in [2.05, 4.69) is 19.9 Å². The Kier molecular flexibility index (Phi) is 7.06. The van der Waals surface area contributed by atoms with Gasteiger partial charge in [0.2, 0.25) is 0 Å². The minimum atomic E-state index is -3.62. The molecule has 0 spiro atoms. The Hall–Kier alpha value is -2.43. The molecule has 8 nitrogen and oxygen atoms in total. The number of aliphatic hydroxyl groups excluding tert-OH is 1. The van der Waals surface area contributed by atoms with Crippen LogP contribution in [0.4, 0.5) is 4.39 Å². The lowest BCUT2D eigenvalue weighted by molar-refractivity contribution is 0.114. The molecule has 3 heterocycles. The van der Waals surface area contributed by atoms with E-state index in [1.165, 1.54) is 6.07 Å². The van der Waals surface area contributed by atoms with E-state index in [4.69, 9.17) is 5.73 Å². The van der Waals surface area contributed by atoms with Gasteiger partial charge in [-0.2, -0.15) is 0 Å². The second-order valence-corrected chi connectivity index (χ2v) is 11.1. The van der Waals surface area contributed by atoms with Gasteiger partial charge in [-0.15, -0.1) is 0 Å². The molecule has 4 rings (SSSR count). The molecule has 33 heavy (non-hydrogen) atoms. The molecule has 0 aromatic heterocycles. The standard InChI is InChI=1S/C23H30FN5O3S/c1-15(30)14-29-9-6-17(7-10-29)33(31,32)23-18(3-2-8-26-23)16-4-5-19(20(24)11-16)21-12-28-22(25)13-27-21/h3-5,8,11,15,17,23,30H,2,6-7,9-10,12-14H2,1H3,(H2,25,28). The normalized spacial score (nSPS) is 23.6. The number of hydrogen-bond donors (Lipinski definition) is 2. The zero-order valence-corrected chi connectivity index (χ0v) is 19.5. The molecule has 0 amide bonds. The quantitative estimate of drug-likeness (QED) is 0.645. The number of rotatable bonds is 6. The summed E-state index contributed by atoms with van der Waals surface area (Å²) in [6.07, 6.45) is 4.46. The van der Waals surface area contributed by atoms with Crippen molar-refractivity contribution in [2.75, 3.05) is 32.7 Å². The Labute approximate surface area is 193 Å². The lowest BCUT2D eigenvalue weighted by atomic mass is 9.99. The first-order valence-corrected chi connectivity index (χ1v) is 12.8. The summed E-state index contributed by atoms with van der Waals surface area (Å²) in [4.78, 5) is 14.8. The average molecular weight is 476 g/mol. The Bertz CT molecular complexity index is 1120. The average Bonchev–Trinajstić information content (AvgIpc) is 2.80. The van der Waals surface area contributed by atoms with E-state index in [0.29, 0.717) is 67.1 Å². The smallest absolute Gasteiger partial charge is 0.180 e. The summed E-state index contributed by atoms with van der Waals surface area (Å²) in [5, 5.41) is 8.04. The summed E-state index contributed by atoms with van der Waals surface area (Å²) in [5.74, 6) is -0.0503. The highest BCUT2D eigenvalue weighted by molar-refractivity contribution is 7.93. The third-order valence-corrected chi connectivity index (χ3v) is 8.66. The van der Waals surface area contributed by atoms with Crippen molar-refractivity contribution < 1.29 is 17.9 Å². The van der Waals surface area contributed by atoms with E-state index in [1.807, 2.05) is 6.08 Å². The molecule has 0 radical (unpaired) electrons. The maximum absolute atomic E-state index is 15.0. The van der Waals surface area contributed by atoms with E-state index < -0.39 is 32.4 Å². The molecule has 10 heteroatoms. The molecule has 1 saturated heterocycles. The number of hydrogen-bond acceptors (Lipinski definition) is 8. The summed E-state index contributed by atoms with van der Waals surface area (Å²) in [6, 6.07) is 4.71. The summed E-state index contributed by atoms with van der Waals surface area (Å²) < 4.78 is 42.1. The van der Waals surface area contributed by atoms with Crippen molar-refractivity contribution in [3.8, 4) is 0 Å². The van der Waals surface area contributed by atoms with E-state index in [-0.39, 0.29) is 13.1 Å². The first kappa shape index (κ1) is 23.7. The highest BCUT2D eigenvalue weighted by Gasteiger charge is 2.39. The number of amidine groups is 1. The van der Waals surface area contributed by atoms with Crippen molar-refractivity contribution in [3.63, 3.8) is 0 Å². The van der Waals surface area contributed by atoms with Crippen LogP contribution in [0.25, 0.3) is 5.57 Å². The lowest BCUT2D eigenvalue weighted by Gasteiger charge is -2.34. The van der Waals surface area contributed by atoms with E-state index in [9.17, 15) is 13.5 Å². The van der Waals surface area contributed by atoms with Crippen molar-refractivity contribution in [2.45, 2.75) is 42.9 Å². The summed E-state index contributed by atoms with van der Waals surface area (Å²) in [6.45, 7) is 3.96. The molecule has 3 aliphatic heterocycles. The van der Waals surface area contributed by atoms with E-state index >= 15 is 4.39 Å². The van der Waals surface area contributed by atoms with Crippen molar-refractivity contribution in [2.24, 2.45) is 20.7 Å². The third-order valence-electron chi connectivity index (χ3n) is 6.26. The van der Waals surface area contributed by atoms with Crippen LogP contribution >= 0.6 is 0 Å². The number of aliphatic imine (C=N–C) groups is 3. The SMILES string of the molecule is CC(O)CN1CCC(S(=O)(=O)C2N=CCC=C2c2ccc(C3=NCC(N)=NC3)c(F)c2)CC1. The number of β-amino-alcohol motifs (C(OH)–C–C–N with tert-alkyl or cyclic N) is 1. The number of allylic oxidation sites excluding steroid dienone is 1. The van der Waals surface area contributed by atoms with Crippen LogP contribution in [0, 0.1) is 5.82 Å². The Morgan fingerprint density at radius 2 is 2.00 bits per heavy atom. The molecule has 178 valence electrons. The second-order valence-electron chi connectivity index (χ2n) is 8.78. The molecular formula is C23H30FN5O3S. The number of halogens is 1. The molecule has 2 atom stereocenters. The van der Waals surface area contributed by atoms with Crippen LogP contribution in [0.1, 0.15) is 37.3 Å². The molecule has 1 fully saturated rings. The fourth-order valence-corrected chi connectivity index (χ4v) is 6.64. The Morgan fingerprint density at radius 1 is 1.24 bits per heavy atom.